The van der Waals surface area contributed by atoms with E-state index in [0.717, 1.165) is 46.0 Å². The van der Waals surface area contributed by atoms with Gasteiger partial charge in [-0.3, -0.25) is 5.10 Å². The Bertz CT molecular complexity index is 1440. The van der Waals surface area contributed by atoms with Crippen molar-refractivity contribution in [2.45, 2.75) is 31.9 Å². The number of benzene rings is 2. The first-order chi connectivity index (χ1) is 18.7. The number of alkyl halides is 6. The Balaban J connectivity index is 0.000000263. The monoisotopic (exact) mass is 574 g/mol. The molecular formula is C24H20F6N4O6. The van der Waals surface area contributed by atoms with Crippen LogP contribution in [-0.4, -0.2) is 60.9 Å². The van der Waals surface area contributed by atoms with Crippen molar-refractivity contribution < 1.29 is 55.6 Å². The van der Waals surface area contributed by atoms with Gasteiger partial charge in [0, 0.05) is 18.3 Å². The summed E-state index contributed by atoms with van der Waals surface area (Å²) >= 11 is 0. The fraction of sp³-hybridized carbons (Fsp3) is 0.250. The van der Waals surface area contributed by atoms with Gasteiger partial charge in [-0.1, -0.05) is 18.2 Å². The molecule has 0 saturated heterocycles. The number of ether oxygens (including phenoxy) is 2. The van der Waals surface area contributed by atoms with Crippen LogP contribution in [0.25, 0.3) is 22.2 Å². The molecule has 3 heterocycles. The number of carboxylic acid groups (broad SMARTS) is 2. The molecule has 0 bridgehead atoms. The molecule has 0 aliphatic carbocycles. The van der Waals surface area contributed by atoms with Crippen LogP contribution in [0.15, 0.2) is 54.9 Å². The van der Waals surface area contributed by atoms with Crippen LogP contribution in [0.1, 0.15) is 18.9 Å². The third-order valence-corrected chi connectivity index (χ3v) is 5.21. The highest BCUT2D eigenvalue weighted by atomic mass is 19.4. The molecule has 0 saturated carbocycles. The standard InChI is InChI=1S/C20H18N4O2.2C2HF3O2/c1-2-24-16-8-7-13(14-10-21-22-11-14)9-15(16)23-20(24)19-12-25-17-5-3-4-6-18(17)26-19;2*3-2(4,5)1(6)7/h3-11,19H,2,12H2,1H3,(H,21,22);2*(H,6,7). The fourth-order valence-corrected chi connectivity index (χ4v) is 3.46. The third-order valence-electron chi connectivity index (χ3n) is 5.21. The van der Waals surface area contributed by atoms with Crippen LogP contribution in [0, 0.1) is 0 Å². The number of carboxylic acids is 2. The Morgan fingerprint density at radius 1 is 1.00 bits per heavy atom. The number of fused-ring (bicyclic) bond motifs is 2. The van der Waals surface area contributed by atoms with Crippen LogP contribution in [-0.2, 0) is 16.1 Å². The van der Waals surface area contributed by atoms with Crippen LogP contribution in [0.4, 0.5) is 26.3 Å². The lowest BCUT2D eigenvalue weighted by atomic mass is 10.1. The van der Waals surface area contributed by atoms with Crippen LogP contribution in [0.5, 0.6) is 11.5 Å². The minimum absolute atomic E-state index is 0.227. The normalized spacial score (nSPS) is 14.4. The van der Waals surface area contributed by atoms with Gasteiger partial charge in [-0.05, 0) is 36.8 Å². The van der Waals surface area contributed by atoms with Gasteiger partial charge in [-0.25, -0.2) is 14.6 Å². The molecule has 1 unspecified atom stereocenters. The van der Waals surface area contributed by atoms with E-state index in [0.29, 0.717) is 6.61 Å². The van der Waals surface area contributed by atoms with Gasteiger partial charge in [-0.15, -0.1) is 0 Å². The number of aryl methyl sites for hydroxylation is 1. The topological polar surface area (TPSA) is 140 Å². The maximum Gasteiger partial charge on any atom is 0.490 e. The molecule has 3 N–H and O–H groups in total. The summed E-state index contributed by atoms with van der Waals surface area (Å²) in [4.78, 5) is 22.7. The molecule has 1 aliphatic heterocycles. The van der Waals surface area contributed by atoms with E-state index in [-0.39, 0.29) is 6.10 Å². The largest absolute Gasteiger partial charge is 0.490 e. The van der Waals surface area contributed by atoms with E-state index in [1.54, 1.807) is 0 Å². The molecule has 0 fully saturated rings. The molecule has 1 aliphatic rings. The first-order valence-electron chi connectivity index (χ1n) is 11.2. The average Bonchev–Trinajstić information content (AvgIpc) is 3.56. The van der Waals surface area contributed by atoms with Crippen molar-refractivity contribution in [2.24, 2.45) is 0 Å². The van der Waals surface area contributed by atoms with Gasteiger partial charge in [0.15, 0.2) is 23.4 Å². The highest BCUT2D eigenvalue weighted by Gasteiger charge is 2.39. The summed E-state index contributed by atoms with van der Waals surface area (Å²) < 4.78 is 77.7. The molecule has 2 aromatic heterocycles. The van der Waals surface area contributed by atoms with Gasteiger partial charge in [-0.2, -0.15) is 31.4 Å². The Labute approximate surface area is 220 Å². The first kappa shape index (κ1) is 29.8. The minimum atomic E-state index is -5.08. The predicted octanol–water partition coefficient (Wildman–Crippen LogP) is 5.23. The second kappa shape index (κ2) is 12.0. The van der Waals surface area contributed by atoms with Gasteiger partial charge < -0.3 is 24.3 Å². The van der Waals surface area contributed by atoms with E-state index in [2.05, 4.69) is 39.9 Å². The highest BCUT2D eigenvalue weighted by molar-refractivity contribution is 5.82. The molecule has 16 heteroatoms. The Hall–Kier alpha value is -4.76. The molecule has 214 valence electrons. The van der Waals surface area contributed by atoms with Crippen molar-refractivity contribution in [1.82, 2.24) is 19.7 Å². The van der Waals surface area contributed by atoms with Gasteiger partial charge in [0.05, 0.1) is 17.2 Å². The lowest BCUT2D eigenvalue weighted by molar-refractivity contribution is -0.193. The van der Waals surface area contributed by atoms with Crippen molar-refractivity contribution in [3.63, 3.8) is 0 Å². The summed E-state index contributed by atoms with van der Waals surface area (Å²) in [5.74, 6) is -3.08. The number of aromatic amines is 1. The van der Waals surface area contributed by atoms with E-state index >= 15 is 0 Å². The van der Waals surface area contributed by atoms with Gasteiger partial charge >= 0.3 is 24.3 Å². The number of nitrogens with zero attached hydrogens (tertiary/aromatic N) is 3. The number of nitrogens with one attached hydrogen (secondary N) is 1. The number of carbonyl (C=O) groups is 2. The number of aromatic nitrogens is 4. The van der Waals surface area contributed by atoms with Gasteiger partial charge in [0.2, 0.25) is 0 Å². The Morgan fingerprint density at radius 3 is 2.12 bits per heavy atom. The molecule has 5 rings (SSSR count). The van der Waals surface area contributed by atoms with Crippen LogP contribution >= 0.6 is 0 Å². The van der Waals surface area contributed by atoms with Crippen molar-refractivity contribution in [2.75, 3.05) is 6.61 Å². The summed E-state index contributed by atoms with van der Waals surface area (Å²) in [6.45, 7) is 3.39. The zero-order chi connectivity index (χ0) is 29.7. The zero-order valence-electron chi connectivity index (χ0n) is 20.3. The maximum atomic E-state index is 10.6. The quantitative estimate of drug-likeness (QED) is 0.283. The van der Waals surface area contributed by atoms with E-state index in [4.69, 9.17) is 34.3 Å². The van der Waals surface area contributed by atoms with Crippen LogP contribution in [0.3, 0.4) is 0 Å². The average molecular weight is 574 g/mol. The fourth-order valence-electron chi connectivity index (χ4n) is 3.46. The molecule has 0 amide bonds. The summed E-state index contributed by atoms with van der Waals surface area (Å²) in [6.07, 6.45) is -6.70. The number of para-hydroxylation sites is 2. The molecule has 0 radical (unpaired) electrons. The van der Waals surface area contributed by atoms with E-state index in [1.165, 1.54) is 0 Å². The summed E-state index contributed by atoms with van der Waals surface area (Å²) in [5, 5.41) is 21.1. The van der Waals surface area contributed by atoms with Crippen molar-refractivity contribution in [1.29, 1.82) is 0 Å². The zero-order valence-corrected chi connectivity index (χ0v) is 20.3. The van der Waals surface area contributed by atoms with E-state index < -0.39 is 24.3 Å². The SMILES string of the molecule is CCn1c(C2COc3ccccc3O2)nc2cc(-c3cn[nH]c3)ccc21.O=C(O)C(F)(F)F.O=C(O)C(F)(F)F. The molecule has 10 nitrogen and oxygen atoms in total. The molecule has 1 atom stereocenters. The molecule has 0 spiro atoms. The van der Waals surface area contributed by atoms with Crippen LogP contribution < -0.4 is 9.47 Å². The molecule has 40 heavy (non-hydrogen) atoms. The first-order valence-corrected chi connectivity index (χ1v) is 11.2. The van der Waals surface area contributed by atoms with Crippen molar-refractivity contribution >= 4 is 23.0 Å². The van der Waals surface area contributed by atoms with E-state index in [9.17, 15) is 26.3 Å². The van der Waals surface area contributed by atoms with Crippen molar-refractivity contribution in [3.05, 3.63) is 60.7 Å². The summed E-state index contributed by atoms with van der Waals surface area (Å²) in [7, 11) is 0. The second-order valence-electron chi connectivity index (χ2n) is 7.87. The van der Waals surface area contributed by atoms with Crippen molar-refractivity contribution in [3.8, 4) is 22.6 Å². The Kier molecular flexibility index (Phi) is 8.91. The second-order valence-corrected chi connectivity index (χ2v) is 7.87. The molecular weight excluding hydrogens is 554 g/mol. The lowest BCUT2D eigenvalue weighted by Gasteiger charge is -2.26. The number of aliphatic carboxylic acids is 2. The van der Waals surface area contributed by atoms with Gasteiger partial charge in [0.25, 0.3) is 0 Å². The van der Waals surface area contributed by atoms with E-state index in [1.807, 2.05) is 36.7 Å². The number of halogens is 6. The highest BCUT2D eigenvalue weighted by Crippen LogP contribution is 2.36. The number of H-pyrrole nitrogens is 1. The predicted molar refractivity (Wildman–Crippen MR) is 126 cm³/mol. The summed E-state index contributed by atoms with van der Waals surface area (Å²) in [5.41, 5.74) is 4.18. The summed E-state index contributed by atoms with van der Waals surface area (Å²) in [6, 6.07) is 14.0. The smallest absolute Gasteiger partial charge is 0.485 e. The van der Waals surface area contributed by atoms with Gasteiger partial charge in [0.1, 0.15) is 6.61 Å². The molecule has 2 aromatic carbocycles. The minimum Gasteiger partial charge on any atom is -0.485 e. The van der Waals surface area contributed by atoms with Crippen LogP contribution in [0.2, 0.25) is 0 Å². The molecule has 4 aromatic rings. The number of hydrogen-bond donors (Lipinski definition) is 3. The Morgan fingerprint density at radius 2 is 1.60 bits per heavy atom. The number of rotatable bonds is 3. The maximum absolute atomic E-state index is 10.6. The number of imidazole rings is 1. The third kappa shape index (κ3) is 7.21. The number of hydrogen-bond acceptors (Lipinski definition) is 6. The lowest BCUT2D eigenvalue weighted by Crippen LogP contribution is -2.24.